The second kappa shape index (κ2) is 6.00. The Hall–Kier alpha value is -2.23. The van der Waals surface area contributed by atoms with Crippen LogP contribution in [0.4, 0.5) is 24.0 Å². The summed E-state index contributed by atoms with van der Waals surface area (Å²) in [6.07, 6.45) is -1.90. The van der Waals surface area contributed by atoms with Crippen LogP contribution in [0.25, 0.3) is 10.1 Å². The number of rotatable bonds is 2. The van der Waals surface area contributed by atoms with E-state index in [9.17, 15) is 28.1 Å². The van der Waals surface area contributed by atoms with Crippen molar-refractivity contribution in [2.24, 2.45) is 0 Å². The van der Waals surface area contributed by atoms with Gasteiger partial charge in [-0.2, -0.15) is 18.2 Å². The molecule has 1 fully saturated rings. The number of fused-ring (bicyclic) bond motifs is 1. The first-order chi connectivity index (χ1) is 11.3. The van der Waals surface area contributed by atoms with Gasteiger partial charge in [0.05, 0.1) is 15.9 Å². The highest BCUT2D eigenvalue weighted by Crippen LogP contribution is 2.38. The number of nitro groups is 1. The minimum atomic E-state index is -4.78. The SMILES string of the molecule is O=c1nc(N2CCCCC2)sc2c([N+](=O)[O-])cc(C(F)(F)F)cc12. The van der Waals surface area contributed by atoms with Gasteiger partial charge < -0.3 is 4.90 Å². The number of piperidine rings is 1. The molecule has 6 nitrogen and oxygen atoms in total. The van der Waals surface area contributed by atoms with Crippen molar-refractivity contribution in [3.63, 3.8) is 0 Å². The minimum absolute atomic E-state index is 0.0754. The van der Waals surface area contributed by atoms with Crippen molar-refractivity contribution >= 4 is 32.2 Å². The highest BCUT2D eigenvalue weighted by Gasteiger charge is 2.34. The van der Waals surface area contributed by atoms with Crippen LogP contribution in [-0.4, -0.2) is 23.0 Å². The van der Waals surface area contributed by atoms with E-state index in [1.165, 1.54) is 0 Å². The predicted octanol–water partition coefficient (Wildman–Crippen LogP) is 3.57. The lowest BCUT2D eigenvalue weighted by atomic mass is 10.1. The minimum Gasteiger partial charge on any atom is -0.348 e. The number of nitro benzene ring substituents is 1. The summed E-state index contributed by atoms with van der Waals surface area (Å²) in [7, 11) is 0. The zero-order valence-corrected chi connectivity index (χ0v) is 13.1. The van der Waals surface area contributed by atoms with Crippen LogP contribution in [0.2, 0.25) is 0 Å². The Balaban J connectivity index is 2.24. The fourth-order valence-electron chi connectivity index (χ4n) is 2.66. The van der Waals surface area contributed by atoms with Crippen LogP contribution in [-0.2, 0) is 6.18 Å². The monoisotopic (exact) mass is 359 g/mol. The Morgan fingerprint density at radius 1 is 1.21 bits per heavy atom. The molecule has 1 aromatic carbocycles. The fraction of sp³-hybridized carbons (Fsp3) is 0.429. The van der Waals surface area contributed by atoms with E-state index in [1.54, 1.807) is 0 Å². The predicted molar refractivity (Wildman–Crippen MR) is 83.6 cm³/mol. The van der Waals surface area contributed by atoms with Gasteiger partial charge in [0.15, 0.2) is 5.13 Å². The molecule has 1 saturated heterocycles. The first-order valence-corrected chi connectivity index (χ1v) is 8.04. The topological polar surface area (TPSA) is 76.3 Å². The first kappa shape index (κ1) is 16.6. The van der Waals surface area contributed by atoms with Gasteiger partial charge in [-0.05, 0) is 25.3 Å². The van der Waals surface area contributed by atoms with Crippen LogP contribution in [0.5, 0.6) is 0 Å². The number of non-ortho nitro benzene ring substituents is 1. The second-order valence-corrected chi connectivity index (χ2v) is 6.45. The third kappa shape index (κ3) is 3.05. The van der Waals surface area contributed by atoms with Gasteiger partial charge in [0.25, 0.3) is 11.2 Å². The smallest absolute Gasteiger partial charge is 0.348 e. The summed E-state index contributed by atoms with van der Waals surface area (Å²) in [6, 6.07) is 1.10. The van der Waals surface area contributed by atoms with E-state index >= 15 is 0 Å². The number of alkyl halides is 3. The highest BCUT2D eigenvalue weighted by molar-refractivity contribution is 7.22. The van der Waals surface area contributed by atoms with E-state index < -0.39 is 27.9 Å². The molecule has 3 rings (SSSR count). The normalized spacial score (nSPS) is 15.7. The number of benzene rings is 1. The van der Waals surface area contributed by atoms with Crippen molar-refractivity contribution in [1.29, 1.82) is 0 Å². The van der Waals surface area contributed by atoms with Crippen LogP contribution >= 0.6 is 11.3 Å². The molecule has 0 unspecified atom stereocenters. The van der Waals surface area contributed by atoms with E-state index in [4.69, 9.17) is 0 Å². The third-order valence-corrected chi connectivity index (χ3v) is 5.01. The fourth-order valence-corrected chi connectivity index (χ4v) is 3.78. The zero-order valence-electron chi connectivity index (χ0n) is 12.3. The third-order valence-electron chi connectivity index (χ3n) is 3.84. The molecule has 0 saturated carbocycles. The van der Waals surface area contributed by atoms with Gasteiger partial charge in [-0.15, -0.1) is 0 Å². The summed E-state index contributed by atoms with van der Waals surface area (Å²) in [4.78, 5) is 28.2. The Kier molecular flexibility index (Phi) is 4.16. The van der Waals surface area contributed by atoms with Gasteiger partial charge in [0.2, 0.25) is 0 Å². The average molecular weight is 359 g/mol. The first-order valence-electron chi connectivity index (χ1n) is 7.23. The number of nitrogens with zero attached hydrogens (tertiary/aromatic N) is 3. The summed E-state index contributed by atoms with van der Waals surface area (Å²) < 4.78 is 38.7. The molecular formula is C14H12F3N3O3S. The zero-order chi connectivity index (χ0) is 17.5. The van der Waals surface area contributed by atoms with Crippen LogP contribution < -0.4 is 10.5 Å². The maximum atomic E-state index is 12.9. The lowest BCUT2D eigenvalue weighted by molar-refractivity contribution is -0.383. The second-order valence-electron chi connectivity index (χ2n) is 5.48. The summed E-state index contributed by atoms with van der Waals surface area (Å²) >= 11 is 0.888. The van der Waals surface area contributed by atoms with Gasteiger partial charge in [0.1, 0.15) is 4.70 Å². The molecule has 0 amide bonds. The van der Waals surface area contributed by atoms with Crippen LogP contribution in [0.1, 0.15) is 24.8 Å². The maximum absolute atomic E-state index is 12.9. The summed E-state index contributed by atoms with van der Waals surface area (Å²) in [5, 5.41) is 11.1. The number of halogens is 3. The molecule has 0 radical (unpaired) electrons. The molecule has 0 atom stereocenters. The van der Waals surface area contributed by atoms with E-state index in [0.717, 1.165) is 30.6 Å². The van der Waals surface area contributed by atoms with Crippen LogP contribution in [0.3, 0.4) is 0 Å². The molecular weight excluding hydrogens is 347 g/mol. The quantitative estimate of drug-likeness (QED) is 0.605. The van der Waals surface area contributed by atoms with E-state index in [0.29, 0.717) is 30.4 Å². The Bertz CT molecular complexity index is 860. The number of aromatic nitrogens is 1. The molecule has 0 bridgehead atoms. The van der Waals surface area contributed by atoms with Crippen molar-refractivity contribution in [3.8, 4) is 0 Å². The summed E-state index contributed by atoms with van der Waals surface area (Å²) in [6.45, 7) is 1.34. The highest BCUT2D eigenvalue weighted by atomic mass is 32.1. The van der Waals surface area contributed by atoms with Crippen LogP contribution in [0.15, 0.2) is 16.9 Å². The molecule has 2 heterocycles. The average Bonchev–Trinajstić information content (AvgIpc) is 2.53. The van der Waals surface area contributed by atoms with Gasteiger partial charge >= 0.3 is 6.18 Å². The van der Waals surface area contributed by atoms with E-state index in [1.807, 2.05) is 4.90 Å². The Morgan fingerprint density at radius 2 is 1.88 bits per heavy atom. The summed E-state index contributed by atoms with van der Waals surface area (Å²) in [5.41, 5.74) is -2.82. The van der Waals surface area contributed by atoms with Crippen molar-refractivity contribution in [2.45, 2.75) is 25.4 Å². The molecule has 1 aliphatic rings. The molecule has 0 aliphatic carbocycles. The van der Waals surface area contributed by atoms with E-state index in [2.05, 4.69) is 4.98 Å². The Labute approximate surface area is 137 Å². The molecule has 1 aromatic heterocycles. The lowest BCUT2D eigenvalue weighted by Crippen LogP contribution is -2.30. The largest absolute Gasteiger partial charge is 0.416 e. The van der Waals surface area contributed by atoms with Gasteiger partial charge in [-0.3, -0.25) is 14.9 Å². The van der Waals surface area contributed by atoms with Crippen molar-refractivity contribution in [3.05, 3.63) is 38.2 Å². The summed E-state index contributed by atoms with van der Waals surface area (Å²) in [5.74, 6) is 0. The lowest BCUT2D eigenvalue weighted by Gasteiger charge is -2.26. The molecule has 24 heavy (non-hydrogen) atoms. The van der Waals surface area contributed by atoms with Crippen molar-refractivity contribution in [2.75, 3.05) is 18.0 Å². The molecule has 0 spiro atoms. The van der Waals surface area contributed by atoms with Crippen LogP contribution in [0, 0.1) is 10.1 Å². The van der Waals surface area contributed by atoms with Crippen molar-refractivity contribution in [1.82, 2.24) is 4.98 Å². The number of anilines is 1. The Morgan fingerprint density at radius 3 is 2.46 bits per heavy atom. The molecule has 2 aromatic rings. The number of hydrogen-bond acceptors (Lipinski definition) is 6. The van der Waals surface area contributed by atoms with Gasteiger partial charge in [-0.1, -0.05) is 11.3 Å². The van der Waals surface area contributed by atoms with Gasteiger partial charge in [-0.25, -0.2) is 0 Å². The van der Waals surface area contributed by atoms with E-state index in [-0.39, 0.29) is 10.1 Å². The molecule has 1 aliphatic heterocycles. The van der Waals surface area contributed by atoms with Gasteiger partial charge in [0, 0.05) is 19.2 Å². The molecule has 0 N–H and O–H groups in total. The standard InChI is InChI=1S/C14H12F3N3O3S/c15-14(16,17)8-6-9-11(10(7-8)20(22)23)24-13(18-12(9)21)19-4-2-1-3-5-19/h6-7H,1-5H2. The molecule has 128 valence electrons. The number of hydrogen-bond donors (Lipinski definition) is 0. The van der Waals surface area contributed by atoms with Crippen molar-refractivity contribution < 1.29 is 18.1 Å². The molecule has 10 heteroatoms. The maximum Gasteiger partial charge on any atom is 0.416 e.